The molecule has 1 N–H and O–H groups in total. The van der Waals surface area contributed by atoms with E-state index in [-0.39, 0.29) is 0 Å². The van der Waals surface area contributed by atoms with Gasteiger partial charge in [-0.2, -0.15) is 0 Å². The minimum atomic E-state index is 0.902. The summed E-state index contributed by atoms with van der Waals surface area (Å²) < 4.78 is 1.13. The molecule has 0 saturated heterocycles. The molecule has 4 rings (SSSR count). The molecule has 124 valence electrons. The first-order valence-electron chi connectivity index (χ1n) is 8.48. The first-order chi connectivity index (χ1) is 12.4. The van der Waals surface area contributed by atoms with Crippen LogP contribution in [0.4, 0.5) is 5.82 Å². The molecule has 25 heavy (non-hydrogen) atoms. The second kappa shape index (κ2) is 7.45. The molecule has 0 fully saturated rings. The highest BCUT2D eigenvalue weighted by molar-refractivity contribution is 7.22. The molecule has 0 spiro atoms. The largest absolute Gasteiger partial charge is 0.369 e. The Bertz CT molecular complexity index is 949. The molecule has 0 radical (unpaired) electrons. The van der Waals surface area contributed by atoms with Crippen molar-refractivity contribution in [2.75, 3.05) is 11.9 Å². The minimum absolute atomic E-state index is 0.902. The van der Waals surface area contributed by atoms with E-state index in [1.54, 1.807) is 17.7 Å². The van der Waals surface area contributed by atoms with Crippen molar-refractivity contribution in [1.82, 2.24) is 9.97 Å². The van der Waals surface area contributed by atoms with Crippen LogP contribution in [0.2, 0.25) is 0 Å². The van der Waals surface area contributed by atoms with Gasteiger partial charge in [0.2, 0.25) is 0 Å². The smallest absolute Gasteiger partial charge is 0.147 e. The predicted molar refractivity (Wildman–Crippen MR) is 106 cm³/mol. The number of nitrogens with one attached hydrogen (secondary N) is 1. The number of hydrogen-bond acceptors (Lipinski definition) is 4. The van der Waals surface area contributed by atoms with Crippen molar-refractivity contribution in [2.24, 2.45) is 0 Å². The van der Waals surface area contributed by atoms with E-state index in [0.29, 0.717) is 0 Å². The number of rotatable bonds is 6. The summed E-state index contributed by atoms with van der Waals surface area (Å²) in [7, 11) is 0. The number of fused-ring (bicyclic) bond motifs is 1. The maximum absolute atomic E-state index is 4.45. The summed E-state index contributed by atoms with van der Waals surface area (Å²) in [6.45, 7) is 0.902. The van der Waals surface area contributed by atoms with E-state index in [4.69, 9.17) is 0 Å². The summed E-state index contributed by atoms with van der Waals surface area (Å²) in [4.78, 5) is 10.1. The van der Waals surface area contributed by atoms with Gasteiger partial charge in [-0.3, -0.25) is 0 Å². The van der Waals surface area contributed by atoms with Crippen LogP contribution in [0.15, 0.2) is 73.1 Å². The van der Waals surface area contributed by atoms with Gasteiger partial charge in [-0.25, -0.2) is 9.97 Å². The van der Waals surface area contributed by atoms with Crippen LogP contribution in [0, 0.1) is 0 Å². The highest BCUT2D eigenvalue weighted by Gasteiger charge is 2.09. The quantitative estimate of drug-likeness (QED) is 0.475. The zero-order valence-corrected chi connectivity index (χ0v) is 14.7. The molecule has 0 atom stereocenters. The van der Waals surface area contributed by atoms with E-state index in [2.05, 4.69) is 75.9 Å². The SMILES string of the molecule is c1ccc(CCCNc2ncnc3cc(-c4ccccc4)sc23)cc1. The Morgan fingerprint density at radius 1 is 0.880 bits per heavy atom. The van der Waals surface area contributed by atoms with Crippen molar-refractivity contribution in [2.45, 2.75) is 12.8 Å². The van der Waals surface area contributed by atoms with E-state index < -0.39 is 0 Å². The predicted octanol–water partition coefficient (Wildman–Crippen LogP) is 5.40. The van der Waals surface area contributed by atoms with Gasteiger partial charge in [-0.15, -0.1) is 11.3 Å². The molecule has 0 aliphatic carbocycles. The topological polar surface area (TPSA) is 37.8 Å². The van der Waals surface area contributed by atoms with Gasteiger partial charge < -0.3 is 5.32 Å². The lowest BCUT2D eigenvalue weighted by Crippen LogP contribution is -2.04. The normalized spacial score (nSPS) is 10.9. The second-order valence-electron chi connectivity index (χ2n) is 5.93. The first-order valence-corrected chi connectivity index (χ1v) is 9.29. The lowest BCUT2D eigenvalue weighted by molar-refractivity contribution is 0.860. The summed E-state index contributed by atoms with van der Waals surface area (Å²) in [6.07, 6.45) is 3.79. The molecule has 0 aliphatic heterocycles. The van der Waals surface area contributed by atoms with Crippen LogP contribution in [0.25, 0.3) is 20.7 Å². The van der Waals surface area contributed by atoms with Crippen LogP contribution in [0.1, 0.15) is 12.0 Å². The molecule has 0 saturated carbocycles. The average Bonchev–Trinajstić information content (AvgIpc) is 3.12. The van der Waals surface area contributed by atoms with Gasteiger partial charge in [0.05, 0.1) is 10.2 Å². The summed E-state index contributed by atoms with van der Waals surface area (Å²) >= 11 is 1.74. The van der Waals surface area contributed by atoms with Crippen molar-refractivity contribution < 1.29 is 0 Å². The minimum Gasteiger partial charge on any atom is -0.369 e. The fraction of sp³-hybridized carbons (Fsp3) is 0.143. The Morgan fingerprint density at radius 2 is 1.64 bits per heavy atom. The Balaban J connectivity index is 1.47. The van der Waals surface area contributed by atoms with E-state index >= 15 is 0 Å². The lowest BCUT2D eigenvalue weighted by atomic mass is 10.1. The first kappa shape index (κ1) is 15.8. The van der Waals surface area contributed by atoms with E-state index in [1.165, 1.54) is 16.0 Å². The fourth-order valence-electron chi connectivity index (χ4n) is 2.87. The van der Waals surface area contributed by atoms with Crippen LogP contribution in [-0.4, -0.2) is 16.5 Å². The molecular formula is C21H19N3S. The number of aromatic nitrogens is 2. The van der Waals surface area contributed by atoms with Gasteiger partial charge in [-0.1, -0.05) is 60.7 Å². The number of benzene rings is 2. The maximum Gasteiger partial charge on any atom is 0.147 e. The molecule has 2 heterocycles. The van der Waals surface area contributed by atoms with Gasteiger partial charge in [0.1, 0.15) is 12.1 Å². The average molecular weight is 345 g/mol. The molecule has 0 aliphatic rings. The number of anilines is 1. The molecule has 4 aromatic rings. The van der Waals surface area contributed by atoms with Gasteiger partial charge in [-0.05, 0) is 30.0 Å². The van der Waals surface area contributed by atoms with Gasteiger partial charge in [0, 0.05) is 11.4 Å². The van der Waals surface area contributed by atoms with Crippen molar-refractivity contribution in [1.29, 1.82) is 0 Å². The molecule has 0 amide bonds. The van der Waals surface area contributed by atoms with E-state index in [1.807, 2.05) is 6.07 Å². The van der Waals surface area contributed by atoms with Crippen LogP contribution in [-0.2, 0) is 6.42 Å². The van der Waals surface area contributed by atoms with Crippen LogP contribution < -0.4 is 5.32 Å². The van der Waals surface area contributed by atoms with E-state index in [9.17, 15) is 0 Å². The molecular weight excluding hydrogens is 326 g/mol. The van der Waals surface area contributed by atoms with Gasteiger partial charge in [0.25, 0.3) is 0 Å². The van der Waals surface area contributed by atoms with Crippen molar-refractivity contribution >= 4 is 27.4 Å². The Labute approximate surface area is 151 Å². The third-order valence-electron chi connectivity index (χ3n) is 4.15. The summed E-state index contributed by atoms with van der Waals surface area (Å²) in [6, 6.07) is 23.2. The molecule has 0 bridgehead atoms. The number of aryl methyl sites for hydroxylation is 1. The van der Waals surface area contributed by atoms with Crippen LogP contribution >= 0.6 is 11.3 Å². The standard InChI is InChI=1S/C21H19N3S/c1-3-8-16(9-4-1)10-7-13-22-21-20-18(23-15-24-21)14-19(25-20)17-11-5-2-6-12-17/h1-6,8-9,11-12,14-15H,7,10,13H2,(H,22,23,24). The lowest BCUT2D eigenvalue weighted by Gasteiger charge is -2.06. The highest BCUT2D eigenvalue weighted by atomic mass is 32.1. The van der Waals surface area contributed by atoms with Crippen LogP contribution in [0.3, 0.4) is 0 Å². The summed E-state index contributed by atoms with van der Waals surface area (Å²) in [5.41, 5.74) is 3.60. The fourth-order valence-corrected chi connectivity index (χ4v) is 3.95. The van der Waals surface area contributed by atoms with E-state index in [0.717, 1.165) is 35.4 Å². The molecule has 3 nitrogen and oxygen atoms in total. The van der Waals surface area contributed by atoms with Crippen molar-refractivity contribution in [3.8, 4) is 10.4 Å². The summed E-state index contributed by atoms with van der Waals surface area (Å²) in [5, 5.41) is 3.48. The Hall–Kier alpha value is -2.72. The third kappa shape index (κ3) is 3.69. The molecule has 0 unspecified atom stereocenters. The number of hydrogen-bond donors (Lipinski definition) is 1. The Kier molecular flexibility index (Phi) is 4.70. The van der Waals surface area contributed by atoms with Crippen LogP contribution in [0.5, 0.6) is 0 Å². The van der Waals surface area contributed by atoms with Crippen molar-refractivity contribution in [3.63, 3.8) is 0 Å². The molecule has 2 aromatic carbocycles. The molecule has 2 aromatic heterocycles. The monoisotopic (exact) mass is 345 g/mol. The zero-order valence-electron chi connectivity index (χ0n) is 13.9. The summed E-state index contributed by atoms with van der Waals surface area (Å²) in [5.74, 6) is 0.935. The highest BCUT2D eigenvalue weighted by Crippen LogP contribution is 2.35. The Morgan fingerprint density at radius 3 is 2.44 bits per heavy atom. The number of nitrogens with zero attached hydrogens (tertiary/aromatic N) is 2. The molecule has 4 heteroatoms. The van der Waals surface area contributed by atoms with Crippen molar-refractivity contribution in [3.05, 3.63) is 78.6 Å². The van der Waals surface area contributed by atoms with Gasteiger partial charge in [0.15, 0.2) is 0 Å². The second-order valence-corrected chi connectivity index (χ2v) is 6.98. The van der Waals surface area contributed by atoms with Gasteiger partial charge >= 0.3 is 0 Å². The number of thiophene rings is 1. The maximum atomic E-state index is 4.45. The zero-order chi connectivity index (χ0) is 16.9. The third-order valence-corrected chi connectivity index (χ3v) is 5.33.